The third-order valence-electron chi connectivity index (χ3n) is 4.77. The molecule has 1 heterocycles. The molecule has 1 aliphatic heterocycles. The van der Waals surface area contributed by atoms with E-state index in [9.17, 15) is 9.90 Å². The standard InChI is InChI=1S/C15H17BrClNO2/c16-12-3-4-13(17)10(6-12)7-18-8-11-2-1-5-15(11,9-18)14(19)20/h3-4,6,11H,1-2,5,7-9H2,(H,19,20)/t11-,15+/m0/s1. The van der Waals surface area contributed by atoms with E-state index in [4.69, 9.17) is 11.6 Å². The molecule has 0 unspecified atom stereocenters. The summed E-state index contributed by atoms with van der Waals surface area (Å²) in [7, 11) is 0. The number of hydrogen-bond acceptors (Lipinski definition) is 2. The van der Waals surface area contributed by atoms with Crippen molar-refractivity contribution in [2.45, 2.75) is 25.8 Å². The second-order valence-electron chi connectivity index (χ2n) is 5.96. The number of likely N-dealkylation sites (tertiary alicyclic amines) is 1. The summed E-state index contributed by atoms with van der Waals surface area (Å²) in [5.74, 6) is -0.325. The molecule has 0 bridgehead atoms. The zero-order valence-corrected chi connectivity index (χ0v) is 13.5. The van der Waals surface area contributed by atoms with Gasteiger partial charge in [-0.1, -0.05) is 34.0 Å². The fourth-order valence-corrected chi connectivity index (χ4v) is 4.35. The lowest BCUT2D eigenvalue weighted by Crippen LogP contribution is -2.35. The number of carboxylic acids is 1. The first kappa shape index (κ1) is 14.4. The Morgan fingerprint density at radius 2 is 2.35 bits per heavy atom. The van der Waals surface area contributed by atoms with Gasteiger partial charge in [0.2, 0.25) is 0 Å². The van der Waals surface area contributed by atoms with E-state index < -0.39 is 11.4 Å². The van der Waals surface area contributed by atoms with Gasteiger partial charge in [0.25, 0.3) is 0 Å². The van der Waals surface area contributed by atoms with Crippen LogP contribution in [-0.4, -0.2) is 29.1 Å². The van der Waals surface area contributed by atoms with E-state index in [2.05, 4.69) is 20.8 Å². The number of aliphatic carboxylic acids is 1. The third kappa shape index (κ3) is 2.38. The maximum atomic E-state index is 11.7. The average molecular weight is 359 g/mol. The largest absolute Gasteiger partial charge is 0.481 e. The molecule has 0 amide bonds. The summed E-state index contributed by atoms with van der Waals surface area (Å²) in [5, 5.41) is 10.3. The van der Waals surface area contributed by atoms with E-state index in [-0.39, 0.29) is 0 Å². The number of hydrogen-bond donors (Lipinski definition) is 1. The Balaban J connectivity index is 1.78. The quantitative estimate of drug-likeness (QED) is 0.893. The first-order chi connectivity index (χ1) is 9.51. The second-order valence-corrected chi connectivity index (χ2v) is 7.28. The molecule has 2 aliphatic rings. The van der Waals surface area contributed by atoms with Gasteiger partial charge >= 0.3 is 5.97 Å². The molecule has 2 atom stereocenters. The molecule has 3 nitrogen and oxygen atoms in total. The van der Waals surface area contributed by atoms with Gasteiger partial charge in [0.1, 0.15) is 0 Å². The molecule has 1 aromatic rings. The van der Waals surface area contributed by atoms with Crippen LogP contribution in [0.4, 0.5) is 0 Å². The molecule has 0 aromatic heterocycles. The van der Waals surface area contributed by atoms with Crippen LogP contribution in [0.25, 0.3) is 0 Å². The number of carbonyl (C=O) groups is 1. The van der Waals surface area contributed by atoms with Crippen LogP contribution in [-0.2, 0) is 11.3 Å². The van der Waals surface area contributed by atoms with Crippen molar-refractivity contribution in [2.24, 2.45) is 11.3 Å². The highest BCUT2D eigenvalue weighted by atomic mass is 79.9. The Kier molecular flexibility index (Phi) is 3.82. The van der Waals surface area contributed by atoms with E-state index in [0.29, 0.717) is 12.5 Å². The van der Waals surface area contributed by atoms with Crippen molar-refractivity contribution < 1.29 is 9.90 Å². The summed E-state index contributed by atoms with van der Waals surface area (Å²) >= 11 is 9.69. The zero-order chi connectivity index (χ0) is 14.3. The zero-order valence-electron chi connectivity index (χ0n) is 11.1. The van der Waals surface area contributed by atoms with E-state index in [1.165, 1.54) is 0 Å². The van der Waals surface area contributed by atoms with Crippen molar-refractivity contribution in [3.63, 3.8) is 0 Å². The number of benzene rings is 1. The van der Waals surface area contributed by atoms with Gasteiger partial charge in [0.05, 0.1) is 5.41 Å². The summed E-state index contributed by atoms with van der Waals surface area (Å²) < 4.78 is 1.00. The molecule has 0 spiro atoms. The van der Waals surface area contributed by atoms with Gasteiger partial charge in [-0.25, -0.2) is 0 Å². The average Bonchev–Trinajstić information content (AvgIpc) is 2.91. The summed E-state index contributed by atoms with van der Waals surface area (Å²) in [6, 6.07) is 5.82. The van der Waals surface area contributed by atoms with Crippen molar-refractivity contribution in [1.82, 2.24) is 4.90 Å². The predicted molar refractivity (Wildman–Crippen MR) is 81.8 cm³/mol. The lowest BCUT2D eigenvalue weighted by molar-refractivity contribution is -0.149. The highest BCUT2D eigenvalue weighted by Crippen LogP contribution is 2.49. The molecule has 1 N–H and O–H groups in total. The van der Waals surface area contributed by atoms with Crippen molar-refractivity contribution in [3.05, 3.63) is 33.3 Å². The van der Waals surface area contributed by atoms with E-state index in [1.54, 1.807) is 0 Å². The van der Waals surface area contributed by atoms with Crippen molar-refractivity contribution in [3.8, 4) is 0 Å². The Morgan fingerprint density at radius 3 is 3.05 bits per heavy atom. The van der Waals surface area contributed by atoms with Crippen LogP contribution in [0, 0.1) is 11.3 Å². The lowest BCUT2D eigenvalue weighted by atomic mass is 9.81. The number of carboxylic acid groups (broad SMARTS) is 1. The first-order valence-electron chi connectivity index (χ1n) is 6.91. The first-order valence-corrected chi connectivity index (χ1v) is 8.08. The van der Waals surface area contributed by atoms with Gasteiger partial charge in [-0.3, -0.25) is 9.69 Å². The van der Waals surface area contributed by atoms with Gasteiger partial charge in [-0.05, 0) is 42.5 Å². The molecule has 1 aromatic carbocycles. The van der Waals surface area contributed by atoms with Crippen LogP contribution in [0.15, 0.2) is 22.7 Å². The van der Waals surface area contributed by atoms with Crippen LogP contribution >= 0.6 is 27.5 Å². The minimum absolute atomic E-state index is 0.297. The van der Waals surface area contributed by atoms with Crippen LogP contribution < -0.4 is 0 Å². The monoisotopic (exact) mass is 357 g/mol. The van der Waals surface area contributed by atoms with Crippen molar-refractivity contribution in [2.75, 3.05) is 13.1 Å². The van der Waals surface area contributed by atoms with Gasteiger partial charge in [-0.15, -0.1) is 0 Å². The summed E-state index contributed by atoms with van der Waals surface area (Å²) in [4.78, 5) is 13.9. The van der Waals surface area contributed by atoms with Crippen molar-refractivity contribution in [1.29, 1.82) is 0 Å². The lowest BCUT2D eigenvalue weighted by Gasteiger charge is -2.23. The molecule has 1 saturated carbocycles. The van der Waals surface area contributed by atoms with Crippen LogP contribution in [0.3, 0.4) is 0 Å². The Labute approximate surface area is 132 Å². The Bertz CT molecular complexity index is 551. The molecule has 108 valence electrons. The third-order valence-corrected chi connectivity index (χ3v) is 5.63. The van der Waals surface area contributed by atoms with Crippen LogP contribution in [0.1, 0.15) is 24.8 Å². The highest BCUT2D eigenvalue weighted by molar-refractivity contribution is 9.10. The minimum atomic E-state index is -0.622. The molecule has 1 aliphatic carbocycles. The van der Waals surface area contributed by atoms with Crippen molar-refractivity contribution >= 4 is 33.5 Å². The summed E-state index contributed by atoms with van der Waals surface area (Å²) in [5.41, 5.74) is 0.542. The fourth-order valence-electron chi connectivity index (χ4n) is 3.77. The number of rotatable bonds is 3. The summed E-state index contributed by atoms with van der Waals surface area (Å²) in [6.07, 6.45) is 2.90. The van der Waals surface area contributed by atoms with Crippen LogP contribution in [0.5, 0.6) is 0 Å². The van der Waals surface area contributed by atoms with Gasteiger partial charge in [0, 0.05) is 29.1 Å². The fraction of sp³-hybridized carbons (Fsp3) is 0.533. The normalized spacial score (nSPS) is 29.6. The van der Waals surface area contributed by atoms with Gasteiger partial charge in [0.15, 0.2) is 0 Å². The second kappa shape index (κ2) is 5.32. The maximum absolute atomic E-state index is 11.7. The maximum Gasteiger partial charge on any atom is 0.311 e. The smallest absolute Gasteiger partial charge is 0.311 e. The number of fused-ring (bicyclic) bond motifs is 1. The predicted octanol–water partition coefficient (Wildman–Crippen LogP) is 3.79. The molecular formula is C15H17BrClNO2. The number of halogens is 2. The van der Waals surface area contributed by atoms with E-state index >= 15 is 0 Å². The van der Waals surface area contributed by atoms with Gasteiger partial charge in [-0.2, -0.15) is 0 Å². The summed E-state index contributed by atoms with van der Waals surface area (Å²) in [6.45, 7) is 2.24. The highest BCUT2D eigenvalue weighted by Gasteiger charge is 2.54. The Hall–Kier alpha value is -0.580. The molecule has 2 fully saturated rings. The number of nitrogens with zero attached hydrogens (tertiary/aromatic N) is 1. The van der Waals surface area contributed by atoms with E-state index in [1.807, 2.05) is 18.2 Å². The SMILES string of the molecule is O=C(O)[C@@]12CCC[C@H]1CN(Cc1cc(Br)ccc1Cl)C2. The molecule has 1 saturated heterocycles. The molecule has 3 rings (SSSR count). The van der Waals surface area contributed by atoms with E-state index in [0.717, 1.165) is 47.4 Å². The van der Waals surface area contributed by atoms with Crippen LogP contribution in [0.2, 0.25) is 5.02 Å². The van der Waals surface area contributed by atoms with Gasteiger partial charge < -0.3 is 5.11 Å². The molecule has 5 heteroatoms. The molecule has 0 radical (unpaired) electrons. The molecule has 20 heavy (non-hydrogen) atoms. The Morgan fingerprint density at radius 1 is 1.55 bits per heavy atom. The topological polar surface area (TPSA) is 40.5 Å². The minimum Gasteiger partial charge on any atom is -0.481 e. The molecular weight excluding hydrogens is 342 g/mol.